The van der Waals surface area contributed by atoms with E-state index in [1.165, 1.54) is 4.90 Å². The van der Waals surface area contributed by atoms with E-state index >= 15 is 0 Å². The molecular formula is C21H20N2O5S. The largest absolute Gasteiger partial charge is 0.496 e. The summed E-state index contributed by atoms with van der Waals surface area (Å²) in [5.41, 5.74) is 1.81. The molecule has 0 aliphatic carbocycles. The van der Waals surface area contributed by atoms with Crippen LogP contribution in [0.5, 0.6) is 23.0 Å². The number of benzene rings is 2. The molecule has 4 rings (SSSR count). The molecule has 0 radical (unpaired) electrons. The van der Waals surface area contributed by atoms with Crippen molar-refractivity contribution < 1.29 is 23.7 Å². The number of carbonyl (C=O) groups is 1. The molecule has 0 aromatic heterocycles. The number of amides is 1. The number of nitrogens with zero attached hydrogens (tertiary/aromatic N) is 2. The Morgan fingerprint density at radius 3 is 2.52 bits per heavy atom. The summed E-state index contributed by atoms with van der Waals surface area (Å²) in [6.07, 6.45) is 1.74. The molecule has 1 amide bonds. The second kappa shape index (κ2) is 7.63. The number of thiocarbonyl (C=S) groups is 1. The van der Waals surface area contributed by atoms with Gasteiger partial charge < -0.3 is 23.8 Å². The first-order valence-corrected chi connectivity index (χ1v) is 9.48. The third kappa shape index (κ3) is 3.36. The van der Waals surface area contributed by atoms with E-state index in [2.05, 4.69) is 0 Å². The lowest BCUT2D eigenvalue weighted by atomic mass is 10.1. The van der Waals surface area contributed by atoms with E-state index in [1.54, 1.807) is 37.3 Å². The molecule has 1 fully saturated rings. The molecule has 0 spiro atoms. The van der Waals surface area contributed by atoms with Crippen molar-refractivity contribution >= 4 is 35.0 Å². The Kier molecular flexibility index (Phi) is 5.02. The van der Waals surface area contributed by atoms with Crippen molar-refractivity contribution in [1.29, 1.82) is 0 Å². The summed E-state index contributed by atoms with van der Waals surface area (Å²) in [6, 6.07) is 10.8. The van der Waals surface area contributed by atoms with Crippen molar-refractivity contribution in [3.8, 4) is 23.0 Å². The number of ether oxygens (including phenoxy) is 4. The van der Waals surface area contributed by atoms with Crippen LogP contribution in [-0.4, -0.2) is 43.5 Å². The van der Waals surface area contributed by atoms with Crippen LogP contribution in [0.25, 0.3) is 6.08 Å². The maximum Gasteiger partial charge on any atom is 0.281 e. The lowest BCUT2D eigenvalue weighted by Gasteiger charge is -2.16. The van der Waals surface area contributed by atoms with Crippen LogP contribution in [-0.2, 0) is 4.79 Å². The van der Waals surface area contributed by atoms with E-state index in [-0.39, 0.29) is 12.7 Å². The summed E-state index contributed by atoms with van der Waals surface area (Å²) in [5.74, 6) is 2.32. The topological polar surface area (TPSA) is 60.5 Å². The van der Waals surface area contributed by atoms with Gasteiger partial charge in [0.15, 0.2) is 16.6 Å². The number of hydrogen-bond acceptors (Lipinski definition) is 6. The third-order valence-corrected chi connectivity index (χ3v) is 5.14. The molecule has 7 nitrogen and oxygen atoms in total. The van der Waals surface area contributed by atoms with Crippen LogP contribution in [0.1, 0.15) is 12.5 Å². The van der Waals surface area contributed by atoms with Gasteiger partial charge in [0.1, 0.15) is 17.2 Å². The van der Waals surface area contributed by atoms with Gasteiger partial charge in [-0.3, -0.25) is 9.69 Å². The third-order valence-electron chi connectivity index (χ3n) is 4.68. The Bertz CT molecular complexity index is 1000. The molecule has 150 valence electrons. The smallest absolute Gasteiger partial charge is 0.281 e. The lowest BCUT2D eigenvalue weighted by Crippen LogP contribution is -2.31. The second-order valence-electron chi connectivity index (χ2n) is 6.39. The fourth-order valence-electron chi connectivity index (χ4n) is 3.22. The molecule has 2 aliphatic heterocycles. The minimum atomic E-state index is -0.221. The highest BCUT2D eigenvalue weighted by Gasteiger charge is 2.37. The molecule has 0 bridgehead atoms. The molecule has 29 heavy (non-hydrogen) atoms. The number of hydrogen-bond donors (Lipinski definition) is 0. The first-order valence-electron chi connectivity index (χ1n) is 9.07. The number of rotatable bonds is 5. The minimum absolute atomic E-state index is 0.160. The number of methoxy groups -OCH3 is 1. The fraction of sp³-hybridized carbons (Fsp3) is 0.238. The van der Waals surface area contributed by atoms with Crippen molar-refractivity contribution in [1.82, 2.24) is 4.90 Å². The monoisotopic (exact) mass is 412 g/mol. The zero-order valence-corrected chi connectivity index (χ0v) is 17.1. The van der Waals surface area contributed by atoms with Crippen LogP contribution in [0.4, 0.5) is 5.69 Å². The predicted octanol–water partition coefficient (Wildman–Crippen LogP) is 3.43. The second-order valence-corrected chi connectivity index (χ2v) is 6.75. The van der Waals surface area contributed by atoms with Gasteiger partial charge in [-0.25, -0.2) is 0 Å². The van der Waals surface area contributed by atoms with E-state index in [0.29, 0.717) is 45.9 Å². The predicted molar refractivity (Wildman–Crippen MR) is 113 cm³/mol. The van der Waals surface area contributed by atoms with Crippen molar-refractivity contribution in [2.24, 2.45) is 0 Å². The number of fused-ring (bicyclic) bond motifs is 1. The molecule has 2 aromatic carbocycles. The van der Waals surface area contributed by atoms with Crippen molar-refractivity contribution in [2.45, 2.75) is 6.92 Å². The van der Waals surface area contributed by atoms with Crippen LogP contribution in [0.15, 0.2) is 42.1 Å². The van der Waals surface area contributed by atoms with E-state index in [4.69, 9.17) is 31.2 Å². The van der Waals surface area contributed by atoms with Crippen molar-refractivity contribution in [3.05, 3.63) is 47.7 Å². The van der Waals surface area contributed by atoms with Gasteiger partial charge in [-0.15, -0.1) is 0 Å². The van der Waals surface area contributed by atoms with Gasteiger partial charge in [0, 0.05) is 18.7 Å². The Hall–Kier alpha value is -3.26. The normalized spacial score (nSPS) is 16.7. The standard InChI is InChI=1S/C21H20N2O5S/c1-4-26-15-7-5-14(6-8-15)23-20(24)16(22(2)21(23)29)9-13-10-18-19(28-12-27-18)11-17(13)25-3/h5-11H,4,12H2,1-3H3/b16-9-. The molecule has 0 atom stereocenters. The van der Waals surface area contributed by atoms with Crippen LogP contribution in [0.3, 0.4) is 0 Å². The first-order chi connectivity index (χ1) is 14.0. The average Bonchev–Trinajstić information content (AvgIpc) is 3.26. The quantitative estimate of drug-likeness (QED) is 0.551. The number of likely N-dealkylation sites (N-methyl/N-ethyl adjacent to an activating group) is 1. The van der Waals surface area contributed by atoms with E-state index in [0.717, 1.165) is 5.75 Å². The highest BCUT2D eigenvalue weighted by Crippen LogP contribution is 2.39. The van der Waals surface area contributed by atoms with Gasteiger partial charge >= 0.3 is 0 Å². The molecule has 1 saturated heterocycles. The zero-order chi connectivity index (χ0) is 20.5. The van der Waals surface area contributed by atoms with Gasteiger partial charge in [0.2, 0.25) is 6.79 Å². The highest BCUT2D eigenvalue weighted by molar-refractivity contribution is 7.80. The average molecular weight is 412 g/mol. The molecule has 0 unspecified atom stereocenters. The molecule has 0 saturated carbocycles. The van der Waals surface area contributed by atoms with Crippen LogP contribution < -0.4 is 23.8 Å². The van der Waals surface area contributed by atoms with E-state index in [1.807, 2.05) is 31.2 Å². The number of anilines is 1. The molecular weight excluding hydrogens is 392 g/mol. The van der Waals surface area contributed by atoms with Crippen molar-refractivity contribution in [2.75, 3.05) is 32.5 Å². The number of carbonyl (C=O) groups excluding carboxylic acids is 1. The molecule has 2 aliphatic rings. The highest BCUT2D eigenvalue weighted by atomic mass is 32.1. The summed E-state index contributed by atoms with van der Waals surface area (Å²) in [7, 11) is 3.33. The molecule has 2 aromatic rings. The summed E-state index contributed by atoms with van der Waals surface area (Å²) < 4.78 is 21.8. The van der Waals surface area contributed by atoms with Crippen LogP contribution in [0, 0.1) is 0 Å². The van der Waals surface area contributed by atoms with Crippen LogP contribution in [0.2, 0.25) is 0 Å². The molecule has 0 N–H and O–H groups in total. The van der Waals surface area contributed by atoms with Gasteiger partial charge in [0.25, 0.3) is 5.91 Å². The Balaban J connectivity index is 1.69. The van der Waals surface area contributed by atoms with Crippen LogP contribution >= 0.6 is 12.2 Å². The first kappa shape index (κ1) is 19.1. The van der Waals surface area contributed by atoms with E-state index in [9.17, 15) is 4.79 Å². The van der Waals surface area contributed by atoms with E-state index < -0.39 is 0 Å². The summed E-state index contributed by atoms with van der Waals surface area (Å²) >= 11 is 5.52. The minimum Gasteiger partial charge on any atom is -0.496 e. The Labute approximate surface area is 174 Å². The summed E-state index contributed by atoms with van der Waals surface area (Å²) in [6.45, 7) is 2.66. The Morgan fingerprint density at radius 2 is 1.86 bits per heavy atom. The van der Waals surface area contributed by atoms with Gasteiger partial charge in [-0.05, 0) is 55.5 Å². The van der Waals surface area contributed by atoms with Gasteiger partial charge in [0.05, 0.1) is 19.4 Å². The van der Waals surface area contributed by atoms with Gasteiger partial charge in [-0.1, -0.05) is 0 Å². The lowest BCUT2D eigenvalue weighted by molar-refractivity contribution is -0.114. The summed E-state index contributed by atoms with van der Waals surface area (Å²) in [4.78, 5) is 16.4. The Morgan fingerprint density at radius 1 is 1.17 bits per heavy atom. The molecule has 2 heterocycles. The molecule has 8 heteroatoms. The van der Waals surface area contributed by atoms with Gasteiger partial charge in [-0.2, -0.15) is 0 Å². The maximum atomic E-state index is 13.2. The fourth-order valence-corrected chi connectivity index (χ4v) is 3.50. The van der Waals surface area contributed by atoms with Crippen molar-refractivity contribution in [3.63, 3.8) is 0 Å². The summed E-state index contributed by atoms with van der Waals surface area (Å²) in [5, 5.41) is 0.394. The maximum absolute atomic E-state index is 13.2. The zero-order valence-electron chi connectivity index (χ0n) is 16.3. The SMILES string of the molecule is CCOc1ccc(N2C(=O)/C(=C/c3cc4c(cc3OC)OCO4)N(C)C2=S)cc1.